The number of carbonyl (C=O) groups is 2. The van der Waals surface area contributed by atoms with E-state index < -0.39 is 56.1 Å². The van der Waals surface area contributed by atoms with Gasteiger partial charge in [-0.2, -0.15) is 8.42 Å². The number of ether oxygens (including phenoxy) is 1. The van der Waals surface area contributed by atoms with Crippen LogP contribution in [-0.2, 0) is 29.7 Å². The average molecular weight is 653 g/mol. The fourth-order valence-electron chi connectivity index (χ4n) is 4.29. The number of hydrogen-bond donors (Lipinski definition) is 0. The molecule has 0 unspecified atom stereocenters. The lowest BCUT2D eigenvalue weighted by atomic mass is 10.0. The quantitative estimate of drug-likeness (QED) is 0.332. The number of benzene rings is 2. The first kappa shape index (κ1) is 31.4. The van der Waals surface area contributed by atoms with Gasteiger partial charge in [0.15, 0.2) is 15.9 Å². The number of rotatable bonds is 6. The number of halogens is 2. The van der Waals surface area contributed by atoms with E-state index in [1.165, 1.54) is 47.9 Å². The number of carbonyl (C=O) groups excluding carboxylic acids is 2. The highest BCUT2D eigenvalue weighted by molar-refractivity contribution is 7.90. The predicted molar refractivity (Wildman–Crippen MR) is 161 cm³/mol. The lowest BCUT2D eigenvalue weighted by Crippen LogP contribution is -2.47. The Hall–Kier alpha value is -3.52. The largest absolute Gasteiger partial charge is 0.443 e. The van der Waals surface area contributed by atoms with E-state index in [4.69, 9.17) is 16.3 Å². The van der Waals surface area contributed by atoms with E-state index >= 15 is 4.39 Å². The van der Waals surface area contributed by atoms with Gasteiger partial charge in [-0.3, -0.25) is 9.69 Å². The minimum Gasteiger partial charge on any atom is -0.443 e. The van der Waals surface area contributed by atoms with Gasteiger partial charge in [0, 0.05) is 22.9 Å². The Labute approximate surface area is 253 Å². The van der Waals surface area contributed by atoms with Crippen molar-refractivity contribution in [2.45, 2.75) is 37.3 Å². The van der Waals surface area contributed by atoms with E-state index in [-0.39, 0.29) is 26.6 Å². The van der Waals surface area contributed by atoms with E-state index in [2.05, 4.69) is 0 Å². The molecular formula is C28H26ClFN2O7S3. The Morgan fingerprint density at radius 3 is 2.43 bits per heavy atom. The standard InChI is InChI=1S/C28H26ClFN2O7S3/c1-28(2,3)39-27(34)31(14-13-18-10-12-24(29)40-18)25-22(41(35)36)16-32(26(25)33)21-11-9-17(15-20(21)30)19-7-5-6-8-23(19)42(4,37)38/h5-15,25H,16H2,1-4H3/b14-13+/t25-/m1/s1. The first-order valence-corrected chi connectivity index (χ1v) is 16.5. The number of amides is 2. The molecule has 0 radical (unpaired) electrons. The molecule has 0 bridgehead atoms. The van der Waals surface area contributed by atoms with Gasteiger partial charge in [0.25, 0.3) is 5.91 Å². The molecule has 222 valence electrons. The van der Waals surface area contributed by atoms with Crippen molar-refractivity contribution < 1.29 is 35.6 Å². The van der Waals surface area contributed by atoms with Gasteiger partial charge in [-0.05, 0) is 62.7 Å². The van der Waals surface area contributed by atoms with Crippen molar-refractivity contribution >= 4 is 71.7 Å². The van der Waals surface area contributed by atoms with Crippen molar-refractivity contribution in [2.24, 2.45) is 0 Å². The van der Waals surface area contributed by atoms with E-state index in [9.17, 15) is 26.4 Å². The fraction of sp³-hybridized carbons (Fsp3) is 0.250. The molecule has 0 aliphatic carbocycles. The summed E-state index contributed by atoms with van der Waals surface area (Å²) >= 11 is 7.19. The molecule has 4 rings (SSSR count). The maximum atomic E-state index is 15.6. The second kappa shape index (κ2) is 12.0. The molecule has 1 aliphatic rings. The molecule has 1 aromatic heterocycles. The third-order valence-electron chi connectivity index (χ3n) is 6.04. The summed E-state index contributed by atoms with van der Waals surface area (Å²) in [5.41, 5.74) is -0.717. The van der Waals surface area contributed by atoms with Crippen molar-refractivity contribution in [3.05, 3.63) is 75.8 Å². The van der Waals surface area contributed by atoms with E-state index in [0.29, 0.717) is 9.21 Å². The van der Waals surface area contributed by atoms with Gasteiger partial charge in [0.05, 0.1) is 21.5 Å². The van der Waals surface area contributed by atoms with Crippen LogP contribution in [0.25, 0.3) is 17.2 Å². The highest BCUT2D eigenvalue weighted by Gasteiger charge is 2.46. The van der Waals surface area contributed by atoms with Gasteiger partial charge in [-0.1, -0.05) is 35.9 Å². The van der Waals surface area contributed by atoms with Crippen molar-refractivity contribution in [1.29, 1.82) is 0 Å². The second-order valence-corrected chi connectivity index (χ2v) is 15.0. The summed E-state index contributed by atoms with van der Waals surface area (Å²) in [5.74, 6) is -1.77. The number of nitrogens with zero attached hydrogens (tertiary/aromatic N) is 2. The molecule has 2 heterocycles. The summed E-state index contributed by atoms with van der Waals surface area (Å²) in [5, 5.41) is 0. The first-order valence-electron chi connectivity index (χ1n) is 12.4. The predicted octanol–water partition coefficient (Wildman–Crippen LogP) is 5.29. The summed E-state index contributed by atoms with van der Waals surface area (Å²) in [7, 11) is -6.56. The summed E-state index contributed by atoms with van der Waals surface area (Å²) in [6.45, 7) is 4.32. The molecule has 1 aliphatic heterocycles. The van der Waals surface area contributed by atoms with Gasteiger partial charge in [-0.15, -0.1) is 11.3 Å². The van der Waals surface area contributed by atoms with Gasteiger partial charge >= 0.3 is 6.09 Å². The smallest absolute Gasteiger partial charge is 0.415 e. The van der Waals surface area contributed by atoms with Crippen LogP contribution < -0.4 is 4.90 Å². The summed E-state index contributed by atoms with van der Waals surface area (Å²) in [6.07, 6.45) is 2.77. The molecule has 2 amide bonds. The minimum atomic E-state index is -3.63. The molecule has 42 heavy (non-hydrogen) atoms. The zero-order chi connectivity index (χ0) is 31.0. The molecule has 1 atom stereocenters. The van der Waals surface area contributed by atoms with Crippen LogP contribution in [0.1, 0.15) is 25.6 Å². The van der Waals surface area contributed by atoms with Crippen LogP contribution in [0.4, 0.5) is 14.9 Å². The number of anilines is 1. The zero-order valence-electron chi connectivity index (χ0n) is 22.9. The van der Waals surface area contributed by atoms with Crippen LogP contribution in [0.5, 0.6) is 0 Å². The summed E-state index contributed by atoms with van der Waals surface area (Å²) < 4.78 is 70.6. The van der Waals surface area contributed by atoms with Crippen LogP contribution in [0.2, 0.25) is 4.34 Å². The Morgan fingerprint density at radius 1 is 1.17 bits per heavy atom. The molecule has 1 fully saturated rings. The molecule has 1 saturated heterocycles. The summed E-state index contributed by atoms with van der Waals surface area (Å²) in [4.78, 5) is 29.0. The third kappa shape index (κ3) is 6.92. The van der Waals surface area contributed by atoms with Crippen molar-refractivity contribution in [2.75, 3.05) is 17.7 Å². The van der Waals surface area contributed by atoms with Gasteiger partial charge in [0.1, 0.15) is 16.3 Å². The summed E-state index contributed by atoms with van der Waals surface area (Å²) in [6, 6.07) is 11.5. The van der Waals surface area contributed by atoms with Crippen LogP contribution >= 0.6 is 22.9 Å². The van der Waals surface area contributed by atoms with Crippen molar-refractivity contribution in [3.63, 3.8) is 0 Å². The third-order valence-corrected chi connectivity index (χ3v) is 9.18. The Kier molecular flexibility index (Phi) is 8.97. The molecule has 14 heteroatoms. The van der Waals surface area contributed by atoms with Crippen molar-refractivity contribution in [1.82, 2.24) is 4.90 Å². The SMILES string of the molecule is CC(C)(C)OC(=O)N(/C=C/c1ccc(Cl)s1)[C@H]1C(=O)N(c2ccc(-c3ccccc3S(C)(=O)=O)cc2F)CC1=S(=O)=O. The molecule has 0 saturated carbocycles. The molecule has 2 aromatic carbocycles. The van der Waals surface area contributed by atoms with Gasteiger partial charge < -0.3 is 9.64 Å². The highest BCUT2D eigenvalue weighted by Crippen LogP contribution is 2.33. The number of thiophene rings is 1. The minimum absolute atomic E-state index is 0.00125. The lowest BCUT2D eigenvalue weighted by molar-refractivity contribution is -0.119. The van der Waals surface area contributed by atoms with Crippen LogP contribution in [0.15, 0.2) is 65.7 Å². The highest BCUT2D eigenvalue weighted by atomic mass is 35.5. The topological polar surface area (TPSA) is 118 Å². The lowest BCUT2D eigenvalue weighted by Gasteiger charge is -2.28. The fourth-order valence-corrected chi connectivity index (χ4v) is 6.79. The van der Waals surface area contributed by atoms with Crippen LogP contribution in [0, 0.1) is 5.82 Å². The normalized spacial score (nSPS) is 15.9. The van der Waals surface area contributed by atoms with Crippen LogP contribution in [-0.4, -0.2) is 63.0 Å². The van der Waals surface area contributed by atoms with Gasteiger partial charge in [0.2, 0.25) is 10.3 Å². The zero-order valence-corrected chi connectivity index (χ0v) is 26.1. The first-order chi connectivity index (χ1) is 19.6. The Bertz CT molecular complexity index is 1840. The van der Waals surface area contributed by atoms with E-state index in [1.807, 2.05) is 0 Å². The monoisotopic (exact) mass is 652 g/mol. The Balaban J connectivity index is 1.76. The van der Waals surface area contributed by atoms with E-state index in [0.717, 1.165) is 22.1 Å². The number of sulfone groups is 1. The molecule has 3 aromatic rings. The molecule has 0 N–H and O–H groups in total. The maximum absolute atomic E-state index is 15.6. The van der Waals surface area contributed by atoms with E-state index in [1.54, 1.807) is 45.0 Å². The van der Waals surface area contributed by atoms with Gasteiger partial charge in [-0.25, -0.2) is 17.6 Å². The van der Waals surface area contributed by atoms with Crippen molar-refractivity contribution in [3.8, 4) is 11.1 Å². The van der Waals surface area contributed by atoms with Crippen LogP contribution in [0.3, 0.4) is 0 Å². The number of hydrogen-bond acceptors (Lipinski definition) is 8. The molecule has 9 nitrogen and oxygen atoms in total. The Morgan fingerprint density at radius 2 is 1.86 bits per heavy atom. The average Bonchev–Trinajstić information content (AvgIpc) is 3.45. The molecule has 0 spiro atoms. The maximum Gasteiger partial charge on any atom is 0.415 e. The molecular weight excluding hydrogens is 627 g/mol. The second-order valence-electron chi connectivity index (χ2n) is 10.3.